The van der Waals surface area contributed by atoms with E-state index in [0.717, 1.165) is 30.4 Å². The average molecular weight is 700 g/mol. The third-order valence-corrected chi connectivity index (χ3v) is 9.58. The number of aliphatic carboxylic acids is 1. The Kier molecular flexibility index (Phi) is 10.1. The first-order chi connectivity index (χ1) is 24.4. The van der Waals surface area contributed by atoms with Gasteiger partial charge in [0.25, 0.3) is 0 Å². The molecular weight excluding hydrogens is 654 g/mol. The van der Waals surface area contributed by atoms with Gasteiger partial charge in [0, 0.05) is 42.4 Å². The lowest BCUT2D eigenvalue weighted by Gasteiger charge is -2.30. The minimum Gasteiger partial charge on any atom is -0.497 e. The lowest BCUT2D eigenvalue weighted by molar-refractivity contribution is -0.145. The predicted octanol–water partition coefficient (Wildman–Crippen LogP) is 4.53. The third-order valence-electron chi connectivity index (χ3n) is 9.58. The van der Waals surface area contributed by atoms with Crippen molar-refractivity contribution < 1.29 is 33.8 Å². The van der Waals surface area contributed by atoms with Crippen LogP contribution in [0.5, 0.6) is 5.75 Å². The molecule has 1 aromatic carbocycles. The summed E-state index contributed by atoms with van der Waals surface area (Å²) in [6, 6.07) is 8.52. The monoisotopic (exact) mass is 699 g/mol. The number of alkyl carbamates (subject to hydrolysis) is 1. The number of nitrogens with zero attached hydrogens (tertiary/aromatic N) is 5. The maximum Gasteiger partial charge on any atom is 0.408 e. The highest BCUT2D eigenvalue weighted by molar-refractivity contribution is 5.96. The minimum absolute atomic E-state index is 0.0516. The van der Waals surface area contributed by atoms with E-state index in [-0.39, 0.29) is 25.3 Å². The molecule has 3 aliphatic rings. The van der Waals surface area contributed by atoms with Crippen molar-refractivity contribution >= 4 is 23.9 Å². The Morgan fingerprint density at radius 3 is 2.45 bits per heavy atom. The largest absolute Gasteiger partial charge is 0.497 e. The summed E-state index contributed by atoms with van der Waals surface area (Å²) in [7, 11) is 1.59. The van der Waals surface area contributed by atoms with Crippen LogP contribution < -0.4 is 15.4 Å². The number of fused-ring (bicyclic) bond motifs is 2. The summed E-state index contributed by atoms with van der Waals surface area (Å²) >= 11 is 0. The zero-order valence-electron chi connectivity index (χ0n) is 29.4. The summed E-state index contributed by atoms with van der Waals surface area (Å²) in [4.78, 5) is 61.3. The zero-order valence-corrected chi connectivity index (χ0v) is 29.4. The average Bonchev–Trinajstić information content (AvgIpc) is 3.40. The van der Waals surface area contributed by atoms with Crippen molar-refractivity contribution in [3.63, 3.8) is 0 Å². The van der Waals surface area contributed by atoms with E-state index in [1.54, 1.807) is 46.3 Å². The predicted molar refractivity (Wildman–Crippen MR) is 186 cm³/mol. The molecule has 3 amide bonds. The van der Waals surface area contributed by atoms with Gasteiger partial charge in [0.2, 0.25) is 11.8 Å². The molecule has 14 nitrogen and oxygen atoms in total. The van der Waals surface area contributed by atoms with E-state index in [0.29, 0.717) is 30.0 Å². The molecule has 51 heavy (non-hydrogen) atoms. The number of methoxy groups -OCH3 is 1. The fourth-order valence-corrected chi connectivity index (χ4v) is 6.82. The third kappa shape index (κ3) is 7.89. The number of amides is 3. The SMILES string of the molecule is COc1ccc(-c2nn([C@H]3C[C@H]4C(=O)N[C@]5(C(=O)O)C[C@H]5/C=C\CCCCC[C@H](NC(=O)OC(C)(C)C)C(=O)N4C3)nc2-c2cccnc2)cc1. The maximum absolute atomic E-state index is 14.4. The van der Waals surface area contributed by atoms with E-state index >= 15 is 0 Å². The van der Waals surface area contributed by atoms with Crippen LogP contribution in [0.15, 0.2) is 60.9 Å². The smallest absolute Gasteiger partial charge is 0.408 e. The van der Waals surface area contributed by atoms with Crippen molar-refractivity contribution in [3.05, 3.63) is 60.9 Å². The minimum atomic E-state index is -1.45. The number of pyridine rings is 1. The Balaban J connectivity index is 1.37. The van der Waals surface area contributed by atoms with Crippen LogP contribution in [0.1, 0.15) is 71.8 Å². The summed E-state index contributed by atoms with van der Waals surface area (Å²) < 4.78 is 10.8. The van der Waals surface area contributed by atoms with Crippen molar-refractivity contribution in [3.8, 4) is 28.3 Å². The van der Waals surface area contributed by atoms with Crippen LogP contribution in [0, 0.1) is 5.92 Å². The number of carboxylic acids is 1. The molecule has 0 radical (unpaired) electrons. The van der Waals surface area contributed by atoms with E-state index in [1.165, 1.54) is 9.70 Å². The van der Waals surface area contributed by atoms with Crippen LogP contribution >= 0.6 is 0 Å². The second kappa shape index (κ2) is 14.5. The number of benzene rings is 1. The molecule has 1 saturated carbocycles. The Morgan fingerprint density at radius 2 is 1.78 bits per heavy atom. The number of aromatic nitrogens is 4. The first kappa shape index (κ1) is 35.6. The lowest BCUT2D eigenvalue weighted by Crippen LogP contribution is -2.56. The van der Waals surface area contributed by atoms with Crippen molar-refractivity contribution in [2.45, 2.75) is 95.0 Å². The Labute approximate surface area is 296 Å². The Morgan fingerprint density at radius 1 is 1.04 bits per heavy atom. The van der Waals surface area contributed by atoms with Crippen LogP contribution in [0.2, 0.25) is 0 Å². The highest BCUT2D eigenvalue weighted by atomic mass is 16.6. The second-order valence-corrected chi connectivity index (χ2v) is 14.4. The molecule has 3 aromatic rings. The van der Waals surface area contributed by atoms with Gasteiger partial charge in [-0.05, 0) is 82.9 Å². The van der Waals surface area contributed by atoms with Crippen molar-refractivity contribution in [1.82, 2.24) is 35.5 Å². The molecule has 2 aromatic heterocycles. The second-order valence-electron chi connectivity index (χ2n) is 14.4. The van der Waals surface area contributed by atoms with E-state index in [2.05, 4.69) is 15.6 Å². The van der Waals surface area contributed by atoms with E-state index in [9.17, 15) is 24.3 Å². The van der Waals surface area contributed by atoms with Gasteiger partial charge in [0.15, 0.2) is 0 Å². The van der Waals surface area contributed by atoms with Crippen LogP contribution in [-0.2, 0) is 19.1 Å². The van der Waals surface area contributed by atoms with Crippen molar-refractivity contribution in [1.29, 1.82) is 0 Å². The summed E-state index contributed by atoms with van der Waals surface area (Å²) in [5.74, 6) is -1.83. The summed E-state index contributed by atoms with van der Waals surface area (Å²) in [6.07, 6.45) is 10.2. The van der Waals surface area contributed by atoms with Crippen LogP contribution in [0.3, 0.4) is 0 Å². The first-order valence-electron chi connectivity index (χ1n) is 17.4. The normalized spacial score (nSPS) is 26.1. The van der Waals surface area contributed by atoms with Crippen molar-refractivity contribution in [2.75, 3.05) is 13.7 Å². The molecule has 270 valence electrons. The summed E-state index contributed by atoms with van der Waals surface area (Å²) in [6.45, 7) is 5.27. The highest BCUT2D eigenvalue weighted by Crippen LogP contribution is 2.45. The quantitative estimate of drug-likeness (QED) is 0.310. The molecule has 6 rings (SSSR count). The summed E-state index contributed by atoms with van der Waals surface area (Å²) in [5.41, 5.74) is 0.414. The number of nitrogens with one attached hydrogen (secondary N) is 2. The standard InChI is InChI=1S/C37H45N7O7/c1-36(2,3)51-35(49)39-28-13-9-7-5-6-8-12-25-20-37(25,34(47)48)40-32(45)29-19-26(22-43(29)33(28)46)44-41-30(23-14-16-27(50-4)17-15-23)31(42-44)24-11-10-18-38-21-24/h8,10-12,14-18,21,25-26,28-29H,5-7,9,13,19-20,22H2,1-4H3,(H,39,49)(H,40,45)(H,47,48)/b12-8-/t25-,26+,28+,29+,37-/m1/s1. The fourth-order valence-electron chi connectivity index (χ4n) is 6.82. The molecule has 1 aliphatic carbocycles. The molecule has 4 heterocycles. The molecule has 0 bridgehead atoms. The molecule has 5 atom stereocenters. The van der Waals surface area contributed by atoms with E-state index < -0.39 is 53.1 Å². The molecule has 14 heteroatoms. The van der Waals surface area contributed by atoms with Crippen molar-refractivity contribution in [2.24, 2.45) is 5.92 Å². The van der Waals surface area contributed by atoms with Gasteiger partial charge in [-0.25, -0.2) is 9.59 Å². The maximum atomic E-state index is 14.4. The molecule has 2 fully saturated rings. The first-order valence-corrected chi connectivity index (χ1v) is 17.4. The fraction of sp³-hybridized carbons (Fsp3) is 0.486. The Hall–Kier alpha value is -5.27. The number of hydrogen-bond donors (Lipinski definition) is 3. The Bertz CT molecular complexity index is 1790. The number of hydrogen-bond acceptors (Lipinski definition) is 9. The highest BCUT2D eigenvalue weighted by Gasteiger charge is 2.61. The molecule has 0 unspecified atom stereocenters. The van der Waals surface area contributed by atoms with Gasteiger partial charge in [-0.2, -0.15) is 15.0 Å². The molecule has 2 aliphatic heterocycles. The van der Waals surface area contributed by atoms with Crippen LogP contribution in [0.4, 0.5) is 4.79 Å². The van der Waals surface area contributed by atoms with Gasteiger partial charge >= 0.3 is 12.1 Å². The van der Waals surface area contributed by atoms with Gasteiger partial charge in [-0.3, -0.25) is 14.6 Å². The molecule has 3 N–H and O–H groups in total. The number of carbonyl (C=O) groups excluding carboxylic acids is 3. The number of ether oxygens (including phenoxy) is 2. The van der Waals surface area contributed by atoms with Gasteiger partial charge in [0.05, 0.1) is 13.2 Å². The van der Waals surface area contributed by atoms with Gasteiger partial charge < -0.3 is 30.1 Å². The lowest BCUT2D eigenvalue weighted by atomic mass is 10.0. The van der Waals surface area contributed by atoms with E-state index in [4.69, 9.17) is 19.7 Å². The van der Waals surface area contributed by atoms with E-state index in [1.807, 2.05) is 42.5 Å². The number of allylic oxidation sites excluding steroid dienone is 1. The number of carboxylic acid groups (broad SMARTS) is 1. The topological polar surface area (TPSA) is 178 Å². The van der Waals surface area contributed by atoms with Crippen LogP contribution in [0.25, 0.3) is 22.5 Å². The van der Waals surface area contributed by atoms with Gasteiger partial charge in [-0.15, -0.1) is 0 Å². The molecule has 0 spiro atoms. The van der Waals surface area contributed by atoms with Gasteiger partial charge in [0.1, 0.15) is 40.4 Å². The van der Waals surface area contributed by atoms with Crippen LogP contribution in [-0.4, -0.2) is 90.7 Å². The van der Waals surface area contributed by atoms with Gasteiger partial charge in [-0.1, -0.05) is 25.0 Å². The molecule has 1 saturated heterocycles. The summed E-state index contributed by atoms with van der Waals surface area (Å²) in [5, 5.41) is 25.6. The number of rotatable bonds is 6. The molecular formula is C37H45N7O7. The zero-order chi connectivity index (χ0) is 36.3. The number of carbonyl (C=O) groups is 4.